The van der Waals surface area contributed by atoms with Gasteiger partial charge in [0.1, 0.15) is 0 Å². The monoisotopic (exact) mass is 272 g/mol. The second kappa shape index (κ2) is 6.50. The summed E-state index contributed by atoms with van der Waals surface area (Å²) in [6.07, 6.45) is 0. The van der Waals surface area contributed by atoms with Gasteiger partial charge in [0.15, 0.2) is 0 Å². The molecule has 2 aromatic carbocycles. The van der Waals surface area contributed by atoms with Crippen LogP contribution in [-0.2, 0) is 4.74 Å². The zero-order valence-corrected chi connectivity index (χ0v) is 11.9. The van der Waals surface area contributed by atoms with E-state index in [-0.39, 0.29) is 11.9 Å². The molecule has 1 atom stereocenters. The first-order valence-corrected chi connectivity index (χ1v) is 6.61. The Morgan fingerprint density at radius 2 is 1.95 bits per heavy atom. The SMILES string of the molecule is COCC(N)CN(C)C(=O)c1cccc2ccccc12. The maximum atomic E-state index is 12.5. The molecule has 4 heteroatoms. The maximum absolute atomic E-state index is 12.5. The van der Waals surface area contributed by atoms with E-state index in [1.54, 1.807) is 19.1 Å². The van der Waals surface area contributed by atoms with E-state index in [4.69, 9.17) is 10.5 Å². The highest BCUT2D eigenvalue weighted by molar-refractivity contribution is 6.06. The number of nitrogens with zero attached hydrogens (tertiary/aromatic N) is 1. The standard InChI is InChI=1S/C16H20N2O2/c1-18(10-13(17)11-20-2)16(19)15-9-5-7-12-6-3-4-8-14(12)15/h3-9,13H,10-11,17H2,1-2H3. The van der Waals surface area contributed by atoms with Crippen molar-refractivity contribution in [3.05, 3.63) is 48.0 Å². The van der Waals surface area contributed by atoms with Crippen molar-refractivity contribution < 1.29 is 9.53 Å². The largest absolute Gasteiger partial charge is 0.383 e. The van der Waals surface area contributed by atoms with Gasteiger partial charge in [-0.2, -0.15) is 0 Å². The molecule has 2 rings (SSSR count). The lowest BCUT2D eigenvalue weighted by molar-refractivity contribution is 0.0766. The van der Waals surface area contributed by atoms with Crippen molar-refractivity contribution in [1.29, 1.82) is 0 Å². The fraction of sp³-hybridized carbons (Fsp3) is 0.312. The first kappa shape index (κ1) is 14.5. The number of fused-ring (bicyclic) bond motifs is 1. The Morgan fingerprint density at radius 3 is 2.70 bits per heavy atom. The van der Waals surface area contributed by atoms with Crippen LogP contribution >= 0.6 is 0 Å². The van der Waals surface area contributed by atoms with Crippen molar-refractivity contribution in [1.82, 2.24) is 4.90 Å². The lowest BCUT2D eigenvalue weighted by Crippen LogP contribution is -2.41. The molecule has 2 aromatic rings. The molecule has 0 aliphatic carbocycles. The van der Waals surface area contributed by atoms with Gasteiger partial charge in [-0.1, -0.05) is 36.4 Å². The van der Waals surface area contributed by atoms with Crippen molar-refractivity contribution >= 4 is 16.7 Å². The second-order valence-corrected chi connectivity index (χ2v) is 4.93. The Kier molecular flexibility index (Phi) is 4.71. The lowest BCUT2D eigenvalue weighted by Gasteiger charge is -2.21. The fourth-order valence-electron chi connectivity index (χ4n) is 2.32. The van der Waals surface area contributed by atoms with Gasteiger partial charge in [0.2, 0.25) is 0 Å². The predicted octanol–water partition coefficient (Wildman–Crippen LogP) is 1.89. The predicted molar refractivity (Wildman–Crippen MR) is 80.8 cm³/mol. The van der Waals surface area contributed by atoms with Crippen molar-refractivity contribution in [3.63, 3.8) is 0 Å². The summed E-state index contributed by atoms with van der Waals surface area (Å²) in [5.41, 5.74) is 6.60. The van der Waals surface area contributed by atoms with Gasteiger partial charge in [-0.25, -0.2) is 0 Å². The second-order valence-electron chi connectivity index (χ2n) is 4.93. The van der Waals surface area contributed by atoms with Gasteiger partial charge in [0, 0.05) is 32.3 Å². The summed E-state index contributed by atoms with van der Waals surface area (Å²) in [5.74, 6) is -0.0200. The third-order valence-electron chi connectivity index (χ3n) is 3.26. The van der Waals surface area contributed by atoms with Crippen LogP contribution < -0.4 is 5.73 Å². The number of carbonyl (C=O) groups is 1. The summed E-state index contributed by atoms with van der Waals surface area (Å²) < 4.78 is 5.00. The molecular weight excluding hydrogens is 252 g/mol. The van der Waals surface area contributed by atoms with E-state index in [0.29, 0.717) is 18.7 Å². The van der Waals surface area contributed by atoms with Crippen LogP contribution in [0, 0.1) is 0 Å². The normalized spacial score (nSPS) is 12.3. The van der Waals surface area contributed by atoms with Crippen LogP contribution in [-0.4, -0.2) is 44.2 Å². The van der Waals surface area contributed by atoms with Gasteiger partial charge in [-0.15, -0.1) is 0 Å². The zero-order valence-electron chi connectivity index (χ0n) is 11.9. The molecule has 0 fully saturated rings. The number of hydrogen-bond acceptors (Lipinski definition) is 3. The topological polar surface area (TPSA) is 55.6 Å². The molecule has 1 amide bonds. The third-order valence-corrected chi connectivity index (χ3v) is 3.26. The molecule has 0 radical (unpaired) electrons. The molecule has 0 spiro atoms. The first-order chi connectivity index (χ1) is 9.63. The highest BCUT2D eigenvalue weighted by atomic mass is 16.5. The molecule has 106 valence electrons. The van der Waals surface area contributed by atoms with Crippen molar-refractivity contribution in [3.8, 4) is 0 Å². The minimum Gasteiger partial charge on any atom is -0.383 e. The summed E-state index contributed by atoms with van der Waals surface area (Å²) in [7, 11) is 3.37. The number of likely N-dealkylation sites (N-methyl/N-ethyl adjacent to an activating group) is 1. The Balaban J connectivity index is 2.23. The fourth-order valence-corrected chi connectivity index (χ4v) is 2.32. The van der Waals surface area contributed by atoms with Gasteiger partial charge in [-0.05, 0) is 16.8 Å². The van der Waals surface area contributed by atoms with Crippen molar-refractivity contribution in [2.75, 3.05) is 27.3 Å². The number of rotatable bonds is 5. The number of carbonyl (C=O) groups excluding carboxylic acids is 1. The summed E-state index contributed by atoms with van der Waals surface area (Å²) in [6.45, 7) is 0.906. The molecule has 0 bridgehead atoms. The Bertz CT molecular complexity index is 593. The molecule has 0 aromatic heterocycles. The number of methoxy groups -OCH3 is 1. The van der Waals surface area contributed by atoms with Crippen LogP contribution in [0.3, 0.4) is 0 Å². The molecule has 2 N–H and O–H groups in total. The molecule has 0 saturated heterocycles. The van der Waals surface area contributed by atoms with E-state index in [2.05, 4.69) is 0 Å². The lowest BCUT2D eigenvalue weighted by atomic mass is 10.0. The Labute approximate surface area is 119 Å². The molecular formula is C16H20N2O2. The van der Waals surface area contributed by atoms with Crippen LogP contribution in [0.5, 0.6) is 0 Å². The van der Waals surface area contributed by atoms with E-state index >= 15 is 0 Å². The van der Waals surface area contributed by atoms with Crippen molar-refractivity contribution in [2.24, 2.45) is 5.73 Å². The van der Waals surface area contributed by atoms with Gasteiger partial charge in [0.25, 0.3) is 5.91 Å². The third kappa shape index (κ3) is 3.15. The summed E-state index contributed by atoms with van der Waals surface area (Å²) in [6, 6.07) is 13.5. The Morgan fingerprint density at radius 1 is 1.25 bits per heavy atom. The summed E-state index contributed by atoms with van der Waals surface area (Å²) >= 11 is 0. The Hall–Kier alpha value is -1.91. The van der Waals surface area contributed by atoms with E-state index in [1.807, 2.05) is 42.5 Å². The van der Waals surface area contributed by atoms with E-state index in [9.17, 15) is 4.79 Å². The van der Waals surface area contributed by atoms with Gasteiger partial charge in [-0.3, -0.25) is 4.79 Å². The highest BCUT2D eigenvalue weighted by Gasteiger charge is 2.16. The average Bonchev–Trinajstić information content (AvgIpc) is 2.46. The quantitative estimate of drug-likeness (QED) is 0.904. The maximum Gasteiger partial charge on any atom is 0.254 e. The molecule has 0 aliphatic heterocycles. The minimum atomic E-state index is -0.177. The van der Waals surface area contributed by atoms with Gasteiger partial charge in [0.05, 0.1) is 6.61 Å². The number of benzene rings is 2. The molecule has 20 heavy (non-hydrogen) atoms. The molecule has 0 aliphatic rings. The molecule has 0 saturated carbocycles. The minimum absolute atomic E-state index is 0.0200. The first-order valence-electron chi connectivity index (χ1n) is 6.61. The van der Waals surface area contributed by atoms with Crippen LogP contribution in [0.4, 0.5) is 0 Å². The summed E-state index contributed by atoms with van der Waals surface area (Å²) in [4.78, 5) is 14.2. The summed E-state index contributed by atoms with van der Waals surface area (Å²) in [5, 5.41) is 2.03. The van der Waals surface area contributed by atoms with E-state index in [0.717, 1.165) is 10.8 Å². The van der Waals surface area contributed by atoms with Crippen LogP contribution in [0.25, 0.3) is 10.8 Å². The molecule has 1 unspecified atom stereocenters. The van der Waals surface area contributed by atoms with Gasteiger partial charge < -0.3 is 15.4 Å². The highest BCUT2D eigenvalue weighted by Crippen LogP contribution is 2.19. The number of nitrogens with two attached hydrogens (primary N) is 1. The smallest absolute Gasteiger partial charge is 0.254 e. The number of ether oxygens (including phenoxy) is 1. The number of amides is 1. The van der Waals surface area contributed by atoms with Crippen LogP contribution in [0.1, 0.15) is 10.4 Å². The van der Waals surface area contributed by atoms with Crippen LogP contribution in [0.15, 0.2) is 42.5 Å². The van der Waals surface area contributed by atoms with E-state index < -0.39 is 0 Å². The van der Waals surface area contributed by atoms with Crippen LogP contribution in [0.2, 0.25) is 0 Å². The van der Waals surface area contributed by atoms with E-state index in [1.165, 1.54) is 0 Å². The zero-order chi connectivity index (χ0) is 14.5. The molecule has 0 heterocycles. The van der Waals surface area contributed by atoms with Crippen molar-refractivity contribution in [2.45, 2.75) is 6.04 Å². The average molecular weight is 272 g/mol. The number of hydrogen-bond donors (Lipinski definition) is 1. The van der Waals surface area contributed by atoms with Gasteiger partial charge >= 0.3 is 0 Å². The molecule has 4 nitrogen and oxygen atoms in total.